The van der Waals surface area contributed by atoms with Crippen molar-refractivity contribution in [1.29, 1.82) is 0 Å². The molecule has 1 N–H and O–H groups in total. The number of aryl methyl sites for hydroxylation is 2. The second-order valence-corrected chi connectivity index (χ2v) is 4.04. The van der Waals surface area contributed by atoms with Crippen LogP contribution >= 0.6 is 0 Å². The highest BCUT2D eigenvalue weighted by molar-refractivity contribution is 5.97. The van der Waals surface area contributed by atoms with Gasteiger partial charge in [0, 0.05) is 12.8 Å². The number of carbonyl (C=O) groups is 1. The summed E-state index contributed by atoms with van der Waals surface area (Å²) in [5.41, 5.74) is 0. The third-order valence-electron chi connectivity index (χ3n) is 2.80. The van der Waals surface area contributed by atoms with Gasteiger partial charge >= 0.3 is 0 Å². The molecule has 0 aliphatic carbocycles. The first kappa shape index (κ1) is 12.6. The molecule has 0 aliphatic rings. The zero-order chi connectivity index (χ0) is 13.1. The average molecular weight is 248 g/mol. The van der Waals surface area contributed by atoms with E-state index in [1.807, 2.05) is 13.8 Å². The summed E-state index contributed by atoms with van der Waals surface area (Å²) in [6.45, 7) is 3.88. The Morgan fingerprint density at radius 3 is 2.28 bits per heavy atom. The van der Waals surface area contributed by atoms with Crippen LogP contribution in [0.3, 0.4) is 0 Å². The molecule has 0 bridgehead atoms. The summed E-state index contributed by atoms with van der Waals surface area (Å²) in [5, 5.41) is 9.93. The smallest absolute Gasteiger partial charge is 0.234 e. The topological polar surface area (TPSA) is 63.6 Å². The van der Waals surface area contributed by atoms with Crippen LogP contribution in [0.4, 0.5) is 0 Å². The van der Waals surface area contributed by atoms with E-state index in [1.54, 1.807) is 24.3 Å². The largest absolute Gasteiger partial charge is 0.463 e. The molecule has 2 aromatic heterocycles. The van der Waals surface area contributed by atoms with E-state index in [9.17, 15) is 9.90 Å². The SMILES string of the molecule is CCc1ccc(C(=O)C(O)c2ccc(CC)o2)o1. The van der Waals surface area contributed by atoms with Gasteiger partial charge in [-0.15, -0.1) is 0 Å². The number of hydrogen-bond acceptors (Lipinski definition) is 4. The molecule has 18 heavy (non-hydrogen) atoms. The zero-order valence-corrected chi connectivity index (χ0v) is 10.5. The Balaban J connectivity index is 2.17. The first-order valence-electron chi connectivity index (χ1n) is 6.05. The molecule has 2 aromatic rings. The van der Waals surface area contributed by atoms with Gasteiger partial charge in [0.1, 0.15) is 17.3 Å². The van der Waals surface area contributed by atoms with Crippen LogP contribution in [0.5, 0.6) is 0 Å². The third-order valence-corrected chi connectivity index (χ3v) is 2.80. The second kappa shape index (κ2) is 5.23. The van der Waals surface area contributed by atoms with Crippen molar-refractivity contribution in [3.63, 3.8) is 0 Å². The minimum atomic E-state index is -1.30. The van der Waals surface area contributed by atoms with Crippen molar-refractivity contribution in [3.05, 3.63) is 47.3 Å². The molecular weight excluding hydrogens is 232 g/mol. The van der Waals surface area contributed by atoms with Crippen molar-refractivity contribution in [2.24, 2.45) is 0 Å². The molecule has 0 radical (unpaired) electrons. The van der Waals surface area contributed by atoms with Gasteiger partial charge in [-0.2, -0.15) is 0 Å². The number of hydrogen-bond donors (Lipinski definition) is 1. The van der Waals surface area contributed by atoms with Gasteiger partial charge in [0.15, 0.2) is 11.9 Å². The first-order valence-corrected chi connectivity index (χ1v) is 6.05. The lowest BCUT2D eigenvalue weighted by Crippen LogP contribution is -2.10. The van der Waals surface area contributed by atoms with Gasteiger partial charge < -0.3 is 13.9 Å². The first-order chi connectivity index (χ1) is 8.65. The third kappa shape index (κ3) is 2.38. The molecular formula is C14H16O4. The van der Waals surface area contributed by atoms with E-state index in [0.717, 1.165) is 17.9 Å². The van der Waals surface area contributed by atoms with E-state index in [0.29, 0.717) is 6.42 Å². The van der Waals surface area contributed by atoms with Crippen LogP contribution in [0.2, 0.25) is 0 Å². The van der Waals surface area contributed by atoms with Crippen LogP contribution < -0.4 is 0 Å². The Labute approximate surface area is 105 Å². The molecule has 0 aliphatic heterocycles. The summed E-state index contributed by atoms with van der Waals surface area (Å²) in [7, 11) is 0. The van der Waals surface area contributed by atoms with Gasteiger partial charge in [-0.25, -0.2) is 0 Å². The molecule has 0 fully saturated rings. The summed E-state index contributed by atoms with van der Waals surface area (Å²) in [5.74, 6) is 1.40. The number of aliphatic hydroxyl groups excluding tert-OH is 1. The standard InChI is InChI=1S/C14H16O4/c1-3-9-5-7-11(17-9)13(15)14(16)12-8-6-10(4-2)18-12/h5-8,13,15H,3-4H2,1-2H3. The number of ketones is 1. The molecule has 96 valence electrons. The number of rotatable bonds is 5. The van der Waals surface area contributed by atoms with Gasteiger partial charge in [-0.1, -0.05) is 13.8 Å². The minimum absolute atomic E-state index is 0.161. The maximum atomic E-state index is 12.0. The summed E-state index contributed by atoms with van der Waals surface area (Å²) in [6, 6.07) is 6.68. The molecule has 4 nitrogen and oxygen atoms in total. The molecule has 2 rings (SSSR count). The van der Waals surface area contributed by atoms with Gasteiger partial charge in [0.2, 0.25) is 5.78 Å². The lowest BCUT2D eigenvalue weighted by atomic mass is 10.1. The fourth-order valence-corrected chi connectivity index (χ4v) is 1.70. The quantitative estimate of drug-likeness (QED) is 0.826. The number of Topliss-reactive ketones (excluding diaryl/α,β-unsaturated/α-hetero) is 1. The lowest BCUT2D eigenvalue weighted by molar-refractivity contribution is 0.0669. The van der Waals surface area contributed by atoms with Crippen molar-refractivity contribution >= 4 is 5.78 Å². The lowest BCUT2D eigenvalue weighted by Gasteiger charge is -2.04. The molecule has 0 amide bonds. The van der Waals surface area contributed by atoms with Crippen LogP contribution in [0.1, 0.15) is 47.8 Å². The maximum Gasteiger partial charge on any atom is 0.234 e. The van der Waals surface area contributed by atoms with Crippen LogP contribution in [0.15, 0.2) is 33.1 Å². The number of carbonyl (C=O) groups excluding carboxylic acids is 1. The summed E-state index contributed by atoms with van der Waals surface area (Å²) >= 11 is 0. The average Bonchev–Trinajstić information content (AvgIpc) is 3.05. The molecule has 4 heteroatoms. The number of furan rings is 2. The molecule has 0 saturated heterocycles. The van der Waals surface area contributed by atoms with E-state index in [2.05, 4.69) is 0 Å². The Morgan fingerprint density at radius 1 is 1.11 bits per heavy atom. The van der Waals surface area contributed by atoms with Gasteiger partial charge in [-0.3, -0.25) is 4.79 Å². The fourth-order valence-electron chi connectivity index (χ4n) is 1.70. The molecule has 1 atom stereocenters. The Kier molecular flexibility index (Phi) is 3.67. The normalized spacial score (nSPS) is 12.6. The Bertz CT molecular complexity index is 535. The monoisotopic (exact) mass is 248 g/mol. The van der Waals surface area contributed by atoms with Crippen molar-refractivity contribution in [2.75, 3.05) is 0 Å². The van der Waals surface area contributed by atoms with Crippen LogP contribution in [0.25, 0.3) is 0 Å². The van der Waals surface area contributed by atoms with E-state index >= 15 is 0 Å². The summed E-state index contributed by atoms with van der Waals surface area (Å²) in [4.78, 5) is 12.0. The van der Waals surface area contributed by atoms with E-state index < -0.39 is 11.9 Å². The predicted molar refractivity (Wildman–Crippen MR) is 65.5 cm³/mol. The zero-order valence-electron chi connectivity index (χ0n) is 10.5. The molecule has 0 saturated carbocycles. The van der Waals surface area contributed by atoms with Crippen molar-refractivity contribution in [2.45, 2.75) is 32.8 Å². The predicted octanol–water partition coefficient (Wildman–Crippen LogP) is 2.91. The highest BCUT2D eigenvalue weighted by Crippen LogP contribution is 2.22. The van der Waals surface area contributed by atoms with E-state index in [1.165, 1.54) is 0 Å². The molecule has 1 unspecified atom stereocenters. The number of aliphatic hydroxyl groups is 1. The maximum absolute atomic E-state index is 12.0. The van der Waals surface area contributed by atoms with Crippen molar-refractivity contribution < 1.29 is 18.7 Å². The molecule has 0 spiro atoms. The van der Waals surface area contributed by atoms with Crippen LogP contribution in [-0.4, -0.2) is 10.9 Å². The second-order valence-electron chi connectivity index (χ2n) is 4.04. The van der Waals surface area contributed by atoms with Gasteiger partial charge in [0.05, 0.1) is 0 Å². The highest BCUT2D eigenvalue weighted by atomic mass is 16.4. The van der Waals surface area contributed by atoms with Crippen LogP contribution in [0, 0.1) is 0 Å². The van der Waals surface area contributed by atoms with Gasteiger partial charge in [-0.05, 0) is 24.3 Å². The van der Waals surface area contributed by atoms with Crippen molar-refractivity contribution in [3.8, 4) is 0 Å². The van der Waals surface area contributed by atoms with Crippen LogP contribution in [-0.2, 0) is 12.8 Å². The van der Waals surface area contributed by atoms with Crippen molar-refractivity contribution in [1.82, 2.24) is 0 Å². The van der Waals surface area contributed by atoms with Gasteiger partial charge in [0.25, 0.3) is 0 Å². The highest BCUT2D eigenvalue weighted by Gasteiger charge is 2.25. The fraction of sp³-hybridized carbons (Fsp3) is 0.357. The summed E-state index contributed by atoms with van der Waals surface area (Å²) < 4.78 is 10.7. The minimum Gasteiger partial charge on any atom is -0.463 e. The summed E-state index contributed by atoms with van der Waals surface area (Å²) in [6.07, 6.45) is 0.132. The molecule has 0 aromatic carbocycles. The van der Waals surface area contributed by atoms with E-state index in [-0.39, 0.29) is 11.5 Å². The Hall–Kier alpha value is -1.81. The van der Waals surface area contributed by atoms with E-state index in [4.69, 9.17) is 8.83 Å². The molecule has 2 heterocycles. The Morgan fingerprint density at radius 2 is 1.72 bits per heavy atom.